The summed E-state index contributed by atoms with van der Waals surface area (Å²) in [6.07, 6.45) is 22.7. The second kappa shape index (κ2) is 9.84. The topological polar surface area (TPSA) is 0 Å². The lowest BCUT2D eigenvalue weighted by atomic mass is 9.68. The van der Waals surface area contributed by atoms with Crippen LogP contribution in [0.3, 0.4) is 0 Å². The van der Waals surface area contributed by atoms with Crippen molar-refractivity contribution in [2.75, 3.05) is 0 Å². The number of allylic oxidation sites excluding steroid dienone is 9. The minimum absolute atomic E-state index is 0.0306. The number of hydrogen-bond acceptors (Lipinski definition) is 0. The predicted octanol–water partition coefficient (Wildman–Crippen LogP) is 11.3. The van der Waals surface area contributed by atoms with E-state index in [1.54, 1.807) is 22.3 Å². The average Bonchev–Trinajstić information content (AvgIpc) is 3.65. The molecule has 0 aliphatic heterocycles. The molecule has 0 N–H and O–H groups in total. The minimum atomic E-state index is 0.0306. The summed E-state index contributed by atoms with van der Waals surface area (Å²) in [4.78, 5) is 0. The Labute approximate surface area is 250 Å². The summed E-state index contributed by atoms with van der Waals surface area (Å²) in [6.45, 7) is 7.28. The van der Waals surface area contributed by atoms with E-state index < -0.39 is 0 Å². The summed E-state index contributed by atoms with van der Waals surface area (Å²) >= 11 is 0. The molecule has 3 atom stereocenters. The maximum atomic E-state index is 2.53. The van der Waals surface area contributed by atoms with E-state index >= 15 is 0 Å². The van der Waals surface area contributed by atoms with Gasteiger partial charge >= 0.3 is 0 Å². The van der Waals surface area contributed by atoms with E-state index in [1.807, 2.05) is 0 Å². The van der Waals surface area contributed by atoms with Crippen molar-refractivity contribution >= 4 is 27.6 Å². The number of fused-ring (bicyclic) bond motifs is 10. The van der Waals surface area contributed by atoms with E-state index in [-0.39, 0.29) is 5.41 Å². The summed E-state index contributed by atoms with van der Waals surface area (Å²) in [6, 6.07) is 25.6. The van der Waals surface area contributed by atoms with Gasteiger partial charge in [0.05, 0.1) is 0 Å². The standard InChI is InChI=1S/C42H40/c1-4-27-17-20-30(21-18-27)38(29-11-5-6-12-29)26-28-19-23-32-31(25-28)22-24-37-39-35-15-9-7-13-33(35)34-14-8-10-16-36(34)41(39)42(2,3)40(32)37/h5,7-17,19-20,22-25,37-38,40H,4,6,18,21,26H2,1-3H3. The van der Waals surface area contributed by atoms with E-state index in [0.717, 1.165) is 12.8 Å². The Balaban J connectivity index is 1.21. The van der Waals surface area contributed by atoms with Crippen molar-refractivity contribution < 1.29 is 0 Å². The molecule has 0 amide bonds. The van der Waals surface area contributed by atoms with Crippen LogP contribution in [0.5, 0.6) is 0 Å². The van der Waals surface area contributed by atoms with Gasteiger partial charge in [0, 0.05) is 17.8 Å². The van der Waals surface area contributed by atoms with Gasteiger partial charge in [-0.3, -0.25) is 0 Å². The third kappa shape index (κ3) is 3.88. The Morgan fingerprint density at radius 1 is 0.833 bits per heavy atom. The van der Waals surface area contributed by atoms with Crippen LogP contribution in [0.25, 0.3) is 27.6 Å². The molecule has 4 aliphatic carbocycles. The maximum Gasteiger partial charge on any atom is 0.0108 e. The lowest BCUT2D eigenvalue weighted by molar-refractivity contribution is 0.426. The zero-order chi connectivity index (χ0) is 28.4. The van der Waals surface area contributed by atoms with Crippen LogP contribution in [-0.4, -0.2) is 0 Å². The highest BCUT2D eigenvalue weighted by Gasteiger charge is 2.49. The Hall–Kier alpha value is -3.90. The van der Waals surface area contributed by atoms with Gasteiger partial charge in [-0.15, -0.1) is 0 Å². The molecule has 4 aromatic rings. The molecule has 0 nitrogen and oxygen atoms in total. The third-order valence-corrected chi connectivity index (χ3v) is 10.9. The van der Waals surface area contributed by atoms with E-state index in [1.165, 1.54) is 63.1 Å². The van der Waals surface area contributed by atoms with Crippen molar-refractivity contribution in [2.45, 2.75) is 70.1 Å². The van der Waals surface area contributed by atoms with Crippen LogP contribution in [0.4, 0.5) is 0 Å². The highest BCUT2D eigenvalue weighted by atomic mass is 14.5. The molecular weight excluding hydrogens is 504 g/mol. The molecule has 0 fully saturated rings. The van der Waals surface area contributed by atoms with Crippen LogP contribution in [0, 0.1) is 5.92 Å². The first kappa shape index (κ1) is 25.8. The Morgan fingerprint density at radius 3 is 2.31 bits per heavy atom. The normalized spacial score (nSPS) is 22.4. The summed E-state index contributed by atoms with van der Waals surface area (Å²) in [5, 5.41) is 5.63. The molecule has 3 unspecified atom stereocenters. The van der Waals surface area contributed by atoms with Crippen LogP contribution in [0.15, 0.2) is 120 Å². The molecule has 0 bridgehead atoms. The SMILES string of the molecule is CCC1=CC=C(C(Cc2ccc3c(c2)C=CC2c4c(c5ccccc5c5ccccc45)C(C)(C)C32)C2=CCC=C2)CC1. The second-order valence-electron chi connectivity index (χ2n) is 13.4. The molecule has 8 rings (SSSR count). The monoisotopic (exact) mass is 544 g/mol. The molecule has 0 radical (unpaired) electrons. The predicted molar refractivity (Wildman–Crippen MR) is 180 cm³/mol. The highest BCUT2D eigenvalue weighted by molar-refractivity contribution is 6.12. The van der Waals surface area contributed by atoms with Gasteiger partial charge in [0.2, 0.25) is 0 Å². The Morgan fingerprint density at radius 2 is 1.60 bits per heavy atom. The molecule has 4 aliphatic rings. The van der Waals surface area contributed by atoms with Gasteiger partial charge in [0.15, 0.2) is 0 Å². The van der Waals surface area contributed by atoms with Crippen molar-refractivity contribution in [1.29, 1.82) is 0 Å². The molecule has 208 valence electrons. The summed E-state index contributed by atoms with van der Waals surface area (Å²) < 4.78 is 0. The number of benzene rings is 4. The van der Waals surface area contributed by atoms with Gasteiger partial charge in [-0.2, -0.15) is 0 Å². The quantitative estimate of drug-likeness (QED) is 0.219. The molecule has 0 heterocycles. The van der Waals surface area contributed by atoms with Gasteiger partial charge in [-0.05, 0) is 92.5 Å². The smallest absolute Gasteiger partial charge is 0.0108 e. The molecular formula is C42H40. The van der Waals surface area contributed by atoms with Crippen molar-refractivity contribution in [3.8, 4) is 0 Å². The van der Waals surface area contributed by atoms with E-state index in [0.29, 0.717) is 17.8 Å². The molecule has 0 spiro atoms. The van der Waals surface area contributed by atoms with Crippen molar-refractivity contribution in [3.63, 3.8) is 0 Å². The van der Waals surface area contributed by atoms with Crippen LogP contribution in [0.1, 0.15) is 86.1 Å². The zero-order valence-corrected chi connectivity index (χ0v) is 25.2. The average molecular weight is 545 g/mol. The van der Waals surface area contributed by atoms with Gasteiger partial charge in [0.25, 0.3) is 0 Å². The minimum Gasteiger partial charge on any atom is -0.0804 e. The summed E-state index contributed by atoms with van der Waals surface area (Å²) in [7, 11) is 0. The van der Waals surface area contributed by atoms with Gasteiger partial charge in [0.1, 0.15) is 0 Å². The number of rotatable bonds is 5. The lowest BCUT2D eigenvalue weighted by Crippen LogP contribution is -2.26. The largest absolute Gasteiger partial charge is 0.0804 e. The zero-order valence-electron chi connectivity index (χ0n) is 25.2. The van der Waals surface area contributed by atoms with Gasteiger partial charge in [-0.25, -0.2) is 0 Å². The molecule has 42 heavy (non-hydrogen) atoms. The molecule has 0 heteroatoms. The fourth-order valence-corrected chi connectivity index (χ4v) is 8.87. The molecule has 4 aromatic carbocycles. The van der Waals surface area contributed by atoms with E-state index in [2.05, 4.69) is 130 Å². The molecule has 0 saturated heterocycles. The van der Waals surface area contributed by atoms with Crippen LogP contribution in [-0.2, 0) is 11.8 Å². The van der Waals surface area contributed by atoms with Crippen LogP contribution >= 0.6 is 0 Å². The second-order valence-corrected chi connectivity index (χ2v) is 13.4. The lowest BCUT2D eigenvalue weighted by Gasteiger charge is -2.35. The van der Waals surface area contributed by atoms with E-state index in [4.69, 9.17) is 0 Å². The highest BCUT2D eigenvalue weighted by Crippen LogP contribution is 2.61. The Kier molecular flexibility index (Phi) is 6.04. The molecule has 0 aromatic heterocycles. The fourth-order valence-electron chi connectivity index (χ4n) is 8.87. The van der Waals surface area contributed by atoms with Gasteiger partial charge < -0.3 is 0 Å². The van der Waals surface area contributed by atoms with Crippen LogP contribution in [0.2, 0.25) is 0 Å². The maximum absolute atomic E-state index is 2.53. The summed E-state index contributed by atoms with van der Waals surface area (Å²) in [5.41, 5.74) is 12.2. The van der Waals surface area contributed by atoms with Crippen LogP contribution < -0.4 is 0 Å². The first-order valence-electron chi connectivity index (χ1n) is 16.0. The molecule has 0 saturated carbocycles. The van der Waals surface area contributed by atoms with Crippen molar-refractivity contribution in [2.24, 2.45) is 5.92 Å². The van der Waals surface area contributed by atoms with Crippen molar-refractivity contribution in [3.05, 3.63) is 148 Å². The van der Waals surface area contributed by atoms with E-state index in [9.17, 15) is 0 Å². The van der Waals surface area contributed by atoms with Gasteiger partial charge in [-0.1, -0.05) is 141 Å². The third-order valence-electron chi connectivity index (χ3n) is 10.9. The Bertz CT molecular complexity index is 1900. The van der Waals surface area contributed by atoms with Crippen molar-refractivity contribution in [1.82, 2.24) is 0 Å². The first-order valence-corrected chi connectivity index (χ1v) is 16.0. The number of hydrogen-bond donors (Lipinski definition) is 0. The fraction of sp³-hybridized carbons (Fsp3) is 0.286. The first-order chi connectivity index (χ1) is 20.5. The summed E-state index contributed by atoms with van der Waals surface area (Å²) in [5.74, 6) is 1.31.